The summed E-state index contributed by atoms with van der Waals surface area (Å²) in [5.41, 5.74) is -0.333. The first kappa shape index (κ1) is 16.0. The molecule has 22 heavy (non-hydrogen) atoms. The number of hydrogen-bond donors (Lipinski definition) is 2. The molecule has 0 radical (unpaired) electrons. The summed E-state index contributed by atoms with van der Waals surface area (Å²) in [5.74, 6) is 0.498. The SMILES string of the molecule is O=C(NCC(O)C1CCCCC1)C1(c2cccs2)CCCC1. The van der Waals surface area contributed by atoms with E-state index >= 15 is 0 Å². The topological polar surface area (TPSA) is 49.3 Å². The first-order valence-electron chi connectivity index (χ1n) is 8.73. The van der Waals surface area contributed by atoms with E-state index in [-0.39, 0.29) is 17.4 Å². The summed E-state index contributed by atoms with van der Waals surface area (Å²) in [4.78, 5) is 14.0. The van der Waals surface area contributed by atoms with Crippen LogP contribution in [0.4, 0.5) is 0 Å². The molecule has 0 aromatic carbocycles. The minimum atomic E-state index is -0.383. The van der Waals surface area contributed by atoms with Crippen LogP contribution in [0.25, 0.3) is 0 Å². The molecule has 1 atom stereocenters. The van der Waals surface area contributed by atoms with E-state index in [1.165, 1.54) is 24.1 Å². The maximum atomic E-state index is 12.8. The van der Waals surface area contributed by atoms with Crippen LogP contribution in [0.15, 0.2) is 17.5 Å². The van der Waals surface area contributed by atoms with Crippen molar-refractivity contribution in [2.45, 2.75) is 69.3 Å². The van der Waals surface area contributed by atoms with Crippen LogP contribution in [0.3, 0.4) is 0 Å². The highest BCUT2D eigenvalue weighted by atomic mass is 32.1. The van der Waals surface area contributed by atoms with E-state index in [1.54, 1.807) is 11.3 Å². The smallest absolute Gasteiger partial charge is 0.231 e. The van der Waals surface area contributed by atoms with E-state index in [0.29, 0.717) is 12.5 Å². The number of aliphatic hydroxyl groups excluding tert-OH is 1. The highest BCUT2D eigenvalue weighted by Crippen LogP contribution is 2.43. The maximum absolute atomic E-state index is 12.8. The predicted octanol–water partition coefficient (Wildman–Crippen LogP) is 3.62. The van der Waals surface area contributed by atoms with Gasteiger partial charge in [-0.05, 0) is 43.0 Å². The maximum Gasteiger partial charge on any atom is 0.231 e. The third kappa shape index (κ3) is 3.23. The lowest BCUT2D eigenvalue weighted by Gasteiger charge is -2.30. The van der Waals surface area contributed by atoms with E-state index in [9.17, 15) is 9.90 Å². The number of carbonyl (C=O) groups is 1. The van der Waals surface area contributed by atoms with Crippen LogP contribution in [0.5, 0.6) is 0 Å². The number of amides is 1. The number of rotatable bonds is 5. The van der Waals surface area contributed by atoms with Gasteiger partial charge in [0.2, 0.25) is 5.91 Å². The fourth-order valence-electron chi connectivity index (χ4n) is 4.17. The number of carbonyl (C=O) groups excluding carboxylic acids is 1. The van der Waals surface area contributed by atoms with Crippen LogP contribution < -0.4 is 5.32 Å². The van der Waals surface area contributed by atoms with Crippen LogP contribution in [-0.4, -0.2) is 23.7 Å². The molecule has 1 heterocycles. The zero-order chi connectivity index (χ0) is 15.4. The fourth-order valence-corrected chi connectivity index (χ4v) is 5.15. The summed E-state index contributed by atoms with van der Waals surface area (Å²) < 4.78 is 0. The lowest BCUT2D eigenvalue weighted by molar-refractivity contribution is -0.127. The van der Waals surface area contributed by atoms with Crippen molar-refractivity contribution in [1.29, 1.82) is 0 Å². The van der Waals surface area contributed by atoms with Crippen molar-refractivity contribution in [3.63, 3.8) is 0 Å². The lowest BCUT2D eigenvalue weighted by Crippen LogP contribution is -2.46. The van der Waals surface area contributed by atoms with Gasteiger partial charge in [-0.15, -0.1) is 11.3 Å². The second-order valence-corrected chi connectivity index (χ2v) is 7.89. The molecule has 1 aromatic rings. The Morgan fingerprint density at radius 1 is 1.27 bits per heavy atom. The van der Waals surface area contributed by atoms with Crippen molar-refractivity contribution in [3.05, 3.63) is 22.4 Å². The number of thiophene rings is 1. The van der Waals surface area contributed by atoms with E-state index in [0.717, 1.165) is 38.5 Å². The molecule has 1 aromatic heterocycles. The van der Waals surface area contributed by atoms with Gasteiger partial charge in [-0.2, -0.15) is 0 Å². The largest absolute Gasteiger partial charge is 0.391 e. The summed E-state index contributed by atoms with van der Waals surface area (Å²) in [5, 5.41) is 15.5. The number of aliphatic hydroxyl groups is 1. The Kier molecular flexibility index (Phi) is 5.19. The van der Waals surface area contributed by atoms with Gasteiger partial charge in [0.25, 0.3) is 0 Å². The van der Waals surface area contributed by atoms with Gasteiger partial charge in [0.1, 0.15) is 0 Å². The standard InChI is InChI=1S/C18H27NO2S/c20-15(14-7-2-1-3-8-14)13-19-17(21)18(10-4-5-11-18)16-9-6-12-22-16/h6,9,12,14-15,20H,1-5,7-8,10-11,13H2,(H,19,21). The Labute approximate surface area is 137 Å². The van der Waals surface area contributed by atoms with Crippen molar-refractivity contribution < 1.29 is 9.90 Å². The van der Waals surface area contributed by atoms with Crippen LogP contribution in [0.2, 0.25) is 0 Å². The Morgan fingerprint density at radius 3 is 2.64 bits per heavy atom. The zero-order valence-electron chi connectivity index (χ0n) is 13.2. The molecule has 122 valence electrons. The molecule has 2 N–H and O–H groups in total. The Hall–Kier alpha value is -0.870. The van der Waals surface area contributed by atoms with Gasteiger partial charge in [-0.3, -0.25) is 4.79 Å². The number of hydrogen-bond acceptors (Lipinski definition) is 3. The predicted molar refractivity (Wildman–Crippen MR) is 90.1 cm³/mol. The van der Waals surface area contributed by atoms with Gasteiger partial charge in [0.05, 0.1) is 11.5 Å². The Bertz CT molecular complexity index is 473. The molecule has 1 amide bonds. The van der Waals surface area contributed by atoms with Gasteiger partial charge in [0.15, 0.2) is 0 Å². The molecule has 1 unspecified atom stereocenters. The minimum absolute atomic E-state index is 0.127. The minimum Gasteiger partial charge on any atom is -0.391 e. The molecule has 0 aliphatic heterocycles. The molecular formula is C18H27NO2S. The Morgan fingerprint density at radius 2 is 2.00 bits per heavy atom. The van der Waals surface area contributed by atoms with E-state index in [1.807, 2.05) is 6.07 Å². The highest BCUT2D eigenvalue weighted by molar-refractivity contribution is 7.10. The van der Waals surface area contributed by atoms with Gasteiger partial charge in [-0.25, -0.2) is 0 Å². The summed E-state index contributed by atoms with van der Waals surface area (Å²) in [6, 6.07) is 4.12. The molecule has 4 heteroatoms. The normalized spacial score (nSPS) is 23.3. The molecular weight excluding hydrogens is 294 g/mol. The van der Waals surface area contributed by atoms with Crippen LogP contribution in [-0.2, 0) is 10.2 Å². The van der Waals surface area contributed by atoms with Crippen molar-refractivity contribution in [2.24, 2.45) is 5.92 Å². The van der Waals surface area contributed by atoms with Gasteiger partial charge >= 0.3 is 0 Å². The van der Waals surface area contributed by atoms with Crippen LogP contribution >= 0.6 is 11.3 Å². The van der Waals surface area contributed by atoms with Crippen LogP contribution in [0.1, 0.15) is 62.7 Å². The quantitative estimate of drug-likeness (QED) is 0.870. The van der Waals surface area contributed by atoms with Gasteiger partial charge in [-0.1, -0.05) is 38.2 Å². The molecule has 0 bridgehead atoms. The zero-order valence-corrected chi connectivity index (χ0v) is 14.0. The van der Waals surface area contributed by atoms with Crippen LogP contribution in [0, 0.1) is 5.92 Å². The summed E-state index contributed by atoms with van der Waals surface area (Å²) >= 11 is 1.69. The Balaban J connectivity index is 1.60. The van der Waals surface area contributed by atoms with Crippen molar-refractivity contribution in [2.75, 3.05) is 6.54 Å². The molecule has 0 spiro atoms. The highest BCUT2D eigenvalue weighted by Gasteiger charge is 2.43. The average molecular weight is 321 g/mol. The average Bonchev–Trinajstić information content (AvgIpc) is 3.24. The van der Waals surface area contributed by atoms with E-state index in [2.05, 4.69) is 16.8 Å². The molecule has 3 nitrogen and oxygen atoms in total. The first-order valence-corrected chi connectivity index (χ1v) is 9.61. The second kappa shape index (κ2) is 7.14. The van der Waals surface area contributed by atoms with E-state index in [4.69, 9.17) is 0 Å². The third-order valence-electron chi connectivity index (χ3n) is 5.55. The van der Waals surface area contributed by atoms with Crippen molar-refractivity contribution >= 4 is 17.2 Å². The molecule has 0 saturated heterocycles. The second-order valence-electron chi connectivity index (χ2n) is 6.94. The lowest BCUT2D eigenvalue weighted by atomic mass is 9.82. The third-order valence-corrected chi connectivity index (χ3v) is 6.62. The molecule has 2 aliphatic carbocycles. The monoisotopic (exact) mass is 321 g/mol. The number of nitrogens with one attached hydrogen (secondary N) is 1. The summed E-state index contributed by atoms with van der Waals surface area (Å²) in [6.45, 7) is 0.413. The molecule has 2 aliphatic rings. The van der Waals surface area contributed by atoms with E-state index < -0.39 is 0 Å². The van der Waals surface area contributed by atoms with Crippen molar-refractivity contribution in [1.82, 2.24) is 5.32 Å². The van der Waals surface area contributed by atoms with Gasteiger partial charge < -0.3 is 10.4 Å². The molecule has 2 saturated carbocycles. The molecule has 2 fully saturated rings. The summed E-state index contributed by atoms with van der Waals surface area (Å²) in [6.07, 6.45) is 9.68. The summed E-state index contributed by atoms with van der Waals surface area (Å²) in [7, 11) is 0. The van der Waals surface area contributed by atoms with Crippen molar-refractivity contribution in [3.8, 4) is 0 Å². The first-order chi connectivity index (χ1) is 10.7. The fraction of sp³-hybridized carbons (Fsp3) is 0.722. The molecule has 3 rings (SSSR count). The van der Waals surface area contributed by atoms with Gasteiger partial charge in [0, 0.05) is 11.4 Å².